The first-order chi connectivity index (χ1) is 20.4. The second kappa shape index (κ2) is 14.1. The molecule has 230 valence electrons. The Morgan fingerprint density at radius 3 is 2.28 bits per heavy atom. The SMILES string of the molecule is Cc1ccc(S(=O)(=O)N(CC(=O)N(Cc2ccc(Cl)cc2Cl)[C@@H](C)C(=O)NC2CCCCC2)c2cccc(C)c2C)cc1. The van der Waals surface area contributed by atoms with Gasteiger partial charge < -0.3 is 10.2 Å². The van der Waals surface area contributed by atoms with Crippen molar-refractivity contribution in [1.29, 1.82) is 0 Å². The topological polar surface area (TPSA) is 86.8 Å². The molecule has 0 radical (unpaired) electrons. The molecule has 1 aliphatic carbocycles. The number of nitrogens with one attached hydrogen (secondary N) is 1. The summed E-state index contributed by atoms with van der Waals surface area (Å²) in [7, 11) is -4.15. The molecule has 3 aromatic carbocycles. The number of rotatable bonds is 10. The summed E-state index contributed by atoms with van der Waals surface area (Å²) < 4.78 is 29.4. The van der Waals surface area contributed by atoms with Gasteiger partial charge in [-0.15, -0.1) is 0 Å². The van der Waals surface area contributed by atoms with Gasteiger partial charge in [-0.2, -0.15) is 0 Å². The maximum absolute atomic E-state index is 14.2. The molecule has 1 saturated carbocycles. The van der Waals surface area contributed by atoms with Crippen LogP contribution >= 0.6 is 23.2 Å². The van der Waals surface area contributed by atoms with E-state index in [-0.39, 0.29) is 23.4 Å². The van der Waals surface area contributed by atoms with Crippen LogP contribution in [0, 0.1) is 20.8 Å². The third-order valence-corrected chi connectivity index (χ3v) is 10.6. The first kappa shape index (κ1) is 32.8. The van der Waals surface area contributed by atoms with Crippen molar-refractivity contribution in [1.82, 2.24) is 10.2 Å². The molecule has 1 atom stereocenters. The van der Waals surface area contributed by atoms with Crippen molar-refractivity contribution in [2.24, 2.45) is 0 Å². The van der Waals surface area contributed by atoms with Gasteiger partial charge in [0.15, 0.2) is 0 Å². The number of hydrogen-bond acceptors (Lipinski definition) is 4. The smallest absolute Gasteiger partial charge is 0.264 e. The molecule has 0 saturated heterocycles. The highest BCUT2D eigenvalue weighted by Gasteiger charge is 2.34. The Morgan fingerprint density at radius 1 is 0.953 bits per heavy atom. The number of carbonyl (C=O) groups is 2. The Kier molecular flexibility index (Phi) is 10.8. The van der Waals surface area contributed by atoms with E-state index in [1.54, 1.807) is 61.5 Å². The van der Waals surface area contributed by atoms with Gasteiger partial charge in [-0.3, -0.25) is 13.9 Å². The van der Waals surface area contributed by atoms with E-state index in [2.05, 4.69) is 5.32 Å². The van der Waals surface area contributed by atoms with E-state index in [9.17, 15) is 18.0 Å². The van der Waals surface area contributed by atoms with Crippen molar-refractivity contribution < 1.29 is 18.0 Å². The Labute approximate surface area is 265 Å². The van der Waals surface area contributed by atoms with Crippen LogP contribution in [-0.2, 0) is 26.2 Å². The molecule has 3 aromatic rings. The predicted molar refractivity (Wildman–Crippen MR) is 173 cm³/mol. The molecule has 2 amide bonds. The first-order valence-electron chi connectivity index (χ1n) is 14.6. The molecule has 1 N–H and O–H groups in total. The number of nitrogens with zero attached hydrogens (tertiary/aromatic N) is 2. The van der Waals surface area contributed by atoms with Crippen molar-refractivity contribution >= 4 is 50.7 Å². The number of benzene rings is 3. The monoisotopic (exact) mass is 643 g/mol. The summed E-state index contributed by atoms with van der Waals surface area (Å²) in [5.74, 6) is -0.820. The summed E-state index contributed by atoms with van der Waals surface area (Å²) in [6.07, 6.45) is 5.02. The lowest BCUT2D eigenvalue weighted by Gasteiger charge is -2.34. The minimum atomic E-state index is -4.15. The molecular formula is C33H39Cl2N3O4S. The largest absolute Gasteiger partial charge is 0.352 e. The van der Waals surface area contributed by atoms with Crippen LogP contribution < -0.4 is 9.62 Å². The van der Waals surface area contributed by atoms with Crippen LogP contribution in [0.4, 0.5) is 5.69 Å². The molecule has 0 bridgehead atoms. The number of amides is 2. The van der Waals surface area contributed by atoms with Crippen molar-refractivity contribution in [3.05, 3.63) is 93.0 Å². The van der Waals surface area contributed by atoms with Crippen molar-refractivity contribution in [2.75, 3.05) is 10.8 Å². The average molecular weight is 645 g/mol. The lowest BCUT2D eigenvalue weighted by molar-refractivity contribution is -0.139. The van der Waals surface area contributed by atoms with Crippen molar-refractivity contribution in [3.63, 3.8) is 0 Å². The molecule has 0 spiro atoms. The number of carbonyl (C=O) groups excluding carboxylic acids is 2. The second-order valence-electron chi connectivity index (χ2n) is 11.3. The van der Waals surface area contributed by atoms with Crippen LogP contribution in [0.25, 0.3) is 0 Å². The number of hydrogen-bond donors (Lipinski definition) is 1. The minimum Gasteiger partial charge on any atom is -0.352 e. The minimum absolute atomic E-state index is 0.000687. The maximum atomic E-state index is 14.2. The zero-order chi connectivity index (χ0) is 31.3. The predicted octanol–water partition coefficient (Wildman–Crippen LogP) is 6.98. The van der Waals surface area contributed by atoms with Crippen molar-refractivity contribution in [3.8, 4) is 0 Å². The molecule has 4 rings (SSSR count). The summed E-state index contributed by atoms with van der Waals surface area (Å²) in [6, 6.07) is 16.0. The average Bonchev–Trinajstić information content (AvgIpc) is 2.97. The third kappa shape index (κ3) is 7.91. The zero-order valence-electron chi connectivity index (χ0n) is 25.1. The molecule has 0 aromatic heterocycles. The van der Waals surface area contributed by atoms with E-state index in [0.29, 0.717) is 21.3 Å². The van der Waals surface area contributed by atoms with Crippen molar-refractivity contribution in [2.45, 2.75) is 83.3 Å². The number of anilines is 1. The molecule has 0 unspecified atom stereocenters. The summed E-state index contributed by atoms with van der Waals surface area (Å²) >= 11 is 12.6. The molecular weight excluding hydrogens is 605 g/mol. The summed E-state index contributed by atoms with van der Waals surface area (Å²) in [4.78, 5) is 29.2. The van der Waals surface area contributed by atoms with E-state index in [4.69, 9.17) is 23.2 Å². The normalized spacial score (nSPS) is 14.7. The highest BCUT2D eigenvalue weighted by atomic mass is 35.5. The summed E-state index contributed by atoms with van der Waals surface area (Å²) in [5, 5.41) is 3.90. The molecule has 0 heterocycles. The Balaban J connectivity index is 1.73. The first-order valence-corrected chi connectivity index (χ1v) is 16.8. The highest BCUT2D eigenvalue weighted by Crippen LogP contribution is 2.30. The quantitative estimate of drug-likeness (QED) is 0.258. The Bertz CT molecular complexity index is 1570. The fourth-order valence-electron chi connectivity index (χ4n) is 5.34. The number of halogens is 2. The second-order valence-corrected chi connectivity index (χ2v) is 14.0. The molecule has 0 aliphatic heterocycles. The Hall–Kier alpha value is -3.07. The van der Waals surface area contributed by atoms with Gasteiger partial charge >= 0.3 is 0 Å². The van der Waals surface area contributed by atoms with Crippen LogP contribution in [0.1, 0.15) is 61.3 Å². The van der Waals surface area contributed by atoms with E-state index in [1.807, 2.05) is 26.8 Å². The van der Waals surface area contributed by atoms with Crippen LogP contribution in [0.15, 0.2) is 65.6 Å². The van der Waals surface area contributed by atoms with Crippen LogP contribution in [0.5, 0.6) is 0 Å². The molecule has 1 aliphatic rings. The third-order valence-electron chi connectivity index (χ3n) is 8.21. The van der Waals surface area contributed by atoms with Gasteiger partial charge in [0.05, 0.1) is 10.6 Å². The van der Waals surface area contributed by atoms with E-state index < -0.39 is 28.5 Å². The number of sulfonamides is 1. The van der Waals surface area contributed by atoms with Gasteiger partial charge in [0.25, 0.3) is 10.0 Å². The fraction of sp³-hybridized carbons (Fsp3) is 0.394. The highest BCUT2D eigenvalue weighted by molar-refractivity contribution is 7.92. The van der Waals surface area contributed by atoms with Gasteiger partial charge in [0.2, 0.25) is 11.8 Å². The van der Waals surface area contributed by atoms with Gasteiger partial charge in [0, 0.05) is 22.6 Å². The number of aryl methyl sites for hydroxylation is 2. The molecule has 43 heavy (non-hydrogen) atoms. The molecule has 1 fully saturated rings. The van der Waals surface area contributed by atoms with Crippen LogP contribution in [0.2, 0.25) is 10.0 Å². The Morgan fingerprint density at radius 2 is 1.63 bits per heavy atom. The standard InChI is InChI=1S/C33H39Cl2N3O4S/c1-22-13-17-29(18-14-22)43(41,42)38(31-12-8-9-23(2)24(31)3)21-32(39)37(20-26-15-16-27(34)19-30(26)35)25(4)33(40)36-28-10-6-5-7-11-28/h8-9,12-19,25,28H,5-7,10-11,20-21H2,1-4H3,(H,36,40)/t25-/m0/s1. The fourth-order valence-corrected chi connectivity index (χ4v) is 7.28. The van der Waals surface area contributed by atoms with Crippen LogP contribution in [0.3, 0.4) is 0 Å². The van der Waals surface area contributed by atoms with Crippen LogP contribution in [-0.4, -0.2) is 43.8 Å². The summed E-state index contributed by atoms with van der Waals surface area (Å²) in [5.41, 5.74) is 3.53. The van der Waals surface area contributed by atoms with Gasteiger partial charge in [0.1, 0.15) is 12.6 Å². The lowest BCUT2D eigenvalue weighted by atomic mass is 9.95. The maximum Gasteiger partial charge on any atom is 0.264 e. The van der Waals surface area contributed by atoms with Gasteiger partial charge in [-0.1, -0.05) is 78.4 Å². The van der Waals surface area contributed by atoms with Gasteiger partial charge in [-0.25, -0.2) is 8.42 Å². The van der Waals surface area contributed by atoms with E-state index in [0.717, 1.165) is 53.1 Å². The lowest BCUT2D eigenvalue weighted by Crippen LogP contribution is -2.53. The zero-order valence-corrected chi connectivity index (χ0v) is 27.4. The van der Waals surface area contributed by atoms with E-state index >= 15 is 0 Å². The molecule has 7 nitrogen and oxygen atoms in total. The summed E-state index contributed by atoms with van der Waals surface area (Å²) in [6.45, 7) is 6.76. The molecule has 10 heteroatoms. The van der Waals surface area contributed by atoms with E-state index in [1.165, 1.54) is 4.90 Å². The van der Waals surface area contributed by atoms with Gasteiger partial charge in [-0.05, 0) is 87.6 Å².